The van der Waals surface area contributed by atoms with Gasteiger partial charge in [-0.05, 0) is 6.42 Å². The Hall–Kier alpha value is -0.700. The van der Waals surface area contributed by atoms with Gasteiger partial charge < -0.3 is 14.0 Å². The van der Waals surface area contributed by atoms with Gasteiger partial charge in [0.05, 0.1) is 0 Å². The molecule has 84 valence electrons. The molecule has 0 heterocycles. The number of rotatable bonds is 7. The first kappa shape index (κ1) is 13.3. The molecular formula is C6H13NO6S. The summed E-state index contributed by atoms with van der Waals surface area (Å²) >= 11 is 0. The molecule has 0 unspecified atom stereocenters. The van der Waals surface area contributed by atoms with Crippen LogP contribution in [0.25, 0.3) is 0 Å². The van der Waals surface area contributed by atoms with Crippen LogP contribution in [0.1, 0.15) is 13.3 Å². The average Bonchev–Trinajstić information content (AvgIpc) is 2.12. The van der Waals surface area contributed by atoms with Gasteiger partial charge in [0.15, 0.2) is 0 Å². The van der Waals surface area contributed by atoms with Gasteiger partial charge in [0.1, 0.15) is 13.3 Å². The van der Waals surface area contributed by atoms with Crippen molar-refractivity contribution in [3.8, 4) is 0 Å². The molecule has 0 aliphatic heterocycles. The van der Waals surface area contributed by atoms with E-state index in [9.17, 15) is 13.2 Å². The lowest BCUT2D eigenvalue weighted by molar-refractivity contribution is -0.137. The molecule has 0 amide bonds. The summed E-state index contributed by atoms with van der Waals surface area (Å²) in [5.74, 6) is -1.24. The van der Waals surface area contributed by atoms with E-state index in [1.807, 2.05) is 11.6 Å². The third-order valence-electron chi connectivity index (χ3n) is 1.02. The van der Waals surface area contributed by atoms with Crippen LogP contribution in [0.4, 0.5) is 0 Å². The molecule has 0 saturated carbocycles. The highest BCUT2D eigenvalue weighted by molar-refractivity contribution is 7.85. The maximum atomic E-state index is 10.8. The molecule has 0 fully saturated rings. The van der Waals surface area contributed by atoms with Crippen molar-refractivity contribution >= 4 is 16.3 Å². The van der Waals surface area contributed by atoms with E-state index in [0.717, 1.165) is 6.42 Å². The van der Waals surface area contributed by atoms with Crippen LogP contribution in [0.2, 0.25) is 0 Å². The molecule has 0 radical (unpaired) electrons. The number of aliphatic hydroxyl groups excluding tert-OH is 1. The largest absolute Gasteiger partial charge is 0.387 e. The summed E-state index contributed by atoms with van der Waals surface area (Å²) in [6.07, 6.45) is 0.748. The van der Waals surface area contributed by atoms with Crippen molar-refractivity contribution in [1.29, 1.82) is 0 Å². The summed E-state index contributed by atoms with van der Waals surface area (Å²) in [6.45, 7) is 1.00. The summed E-state index contributed by atoms with van der Waals surface area (Å²) in [6, 6.07) is 0. The van der Waals surface area contributed by atoms with Gasteiger partial charge in [-0.15, -0.1) is 0 Å². The van der Waals surface area contributed by atoms with Gasteiger partial charge in [-0.3, -0.25) is 0 Å². The molecule has 0 saturated heterocycles. The lowest BCUT2D eigenvalue weighted by Gasteiger charge is -2.05. The van der Waals surface area contributed by atoms with Gasteiger partial charge in [0.25, 0.3) is 0 Å². The van der Waals surface area contributed by atoms with Crippen molar-refractivity contribution in [3.63, 3.8) is 0 Å². The van der Waals surface area contributed by atoms with E-state index in [0.29, 0.717) is 6.61 Å². The number of carbonyl (C=O) groups excluding carboxylic acids is 1. The number of nitrogens with one attached hydrogen (secondary N) is 1. The predicted octanol–water partition coefficient (Wildman–Crippen LogP) is -1.26. The minimum Gasteiger partial charge on any atom is -0.385 e. The Balaban J connectivity index is 3.79. The Kier molecular flexibility index (Phi) is 6.37. The fourth-order valence-corrected chi connectivity index (χ4v) is 1.09. The number of carbonyl (C=O) groups is 1. The molecule has 0 aliphatic rings. The van der Waals surface area contributed by atoms with Crippen LogP contribution in [0.5, 0.6) is 0 Å². The molecule has 8 heteroatoms. The standard InChI is InChI=1S/C6H13NO6S/c1-2-3-12-5-7-14(10,11)13-6(9)4-8/h7-8H,2-5H2,1H3. The maximum Gasteiger partial charge on any atom is 0.387 e. The second-order valence-electron chi connectivity index (χ2n) is 2.26. The topological polar surface area (TPSA) is 102 Å². The van der Waals surface area contributed by atoms with E-state index in [4.69, 9.17) is 9.84 Å². The minimum absolute atomic E-state index is 0.269. The lowest BCUT2D eigenvalue weighted by atomic mass is 10.5. The van der Waals surface area contributed by atoms with Crippen LogP contribution in [-0.2, 0) is 24.0 Å². The van der Waals surface area contributed by atoms with Crippen molar-refractivity contribution in [2.75, 3.05) is 19.9 Å². The van der Waals surface area contributed by atoms with Gasteiger partial charge in [0, 0.05) is 6.61 Å². The first-order valence-electron chi connectivity index (χ1n) is 3.92. The van der Waals surface area contributed by atoms with Gasteiger partial charge >= 0.3 is 16.3 Å². The molecule has 0 spiro atoms. The number of ether oxygens (including phenoxy) is 1. The fraction of sp³-hybridized carbons (Fsp3) is 0.833. The van der Waals surface area contributed by atoms with Gasteiger partial charge in [-0.25, -0.2) is 4.79 Å². The van der Waals surface area contributed by atoms with Crippen LogP contribution in [0, 0.1) is 0 Å². The Labute approximate surface area is 82.3 Å². The Morgan fingerprint density at radius 3 is 2.64 bits per heavy atom. The number of aliphatic hydroxyl groups is 1. The van der Waals surface area contributed by atoms with E-state index in [1.54, 1.807) is 0 Å². The molecule has 2 N–H and O–H groups in total. The molecule has 0 rings (SSSR count). The summed E-state index contributed by atoms with van der Waals surface area (Å²) in [7, 11) is -4.16. The van der Waals surface area contributed by atoms with Crippen LogP contribution in [-0.4, -0.2) is 39.4 Å². The third-order valence-corrected chi connectivity index (χ3v) is 1.89. The zero-order valence-electron chi connectivity index (χ0n) is 7.73. The number of hydrogen-bond acceptors (Lipinski definition) is 6. The highest BCUT2D eigenvalue weighted by Gasteiger charge is 2.14. The van der Waals surface area contributed by atoms with Crippen molar-refractivity contribution in [1.82, 2.24) is 4.72 Å². The van der Waals surface area contributed by atoms with Crippen LogP contribution < -0.4 is 4.72 Å². The summed E-state index contributed by atoms with van der Waals surface area (Å²) in [5.41, 5.74) is 0. The second kappa shape index (κ2) is 6.71. The zero-order valence-corrected chi connectivity index (χ0v) is 8.54. The molecule has 0 aromatic heterocycles. The van der Waals surface area contributed by atoms with Crippen molar-refractivity contribution in [2.24, 2.45) is 0 Å². The molecule has 0 atom stereocenters. The molecule has 0 aromatic rings. The van der Waals surface area contributed by atoms with Crippen LogP contribution in [0.3, 0.4) is 0 Å². The monoisotopic (exact) mass is 227 g/mol. The van der Waals surface area contributed by atoms with E-state index in [-0.39, 0.29) is 6.73 Å². The predicted molar refractivity (Wildman–Crippen MR) is 46.3 cm³/mol. The normalized spacial score (nSPS) is 11.3. The smallest absolute Gasteiger partial charge is 0.385 e. The Morgan fingerprint density at radius 2 is 2.14 bits per heavy atom. The Bertz CT molecular complexity index is 261. The van der Waals surface area contributed by atoms with E-state index >= 15 is 0 Å². The fourth-order valence-electron chi connectivity index (χ4n) is 0.509. The van der Waals surface area contributed by atoms with Crippen molar-refractivity contribution in [3.05, 3.63) is 0 Å². The third kappa shape index (κ3) is 6.78. The average molecular weight is 227 g/mol. The van der Waals surface area contributed by atoms with E-state index in [2.05, 4.69) is 4.18 Å². The van der Waals surface area contributed by atoms with Crippen molar-refractivity contribution in [2.45, 2.75) is 13.3 Å². The molecular weight excluding hydrogens is 214 g/mol. The van der Waals surface area contributed by atoms with E-state index < -0.39 is 22.9 Å². The zero-order chi connectivity index (χ0) is 11.0. The van der Waals surface area contributed by atoms with Crippen LogP contribution in [0.15, 0.2) is 0 Å². The SMILES string of the molecule is CCCOCNS(=O)(=O)OC(=O)CO. The van der Waals surface area contributed by atoms with E-state index in [1.165, 1.54) is 0 Å². The molecule has 7 nitrogen and oxygen atoms in total. The highest BCUT2D eigenvalue weighted by atomic mass is 32.2. The lowest BCUT2D eigenvalue weighted by Crippen LogP contribution is -2.31. The molecule has 14 heavy (non-hydrogen) atoms. The van der Waals surface area contributed by atoms with Gasteiger partial charge in [0.2, 0.25) is 0 Å². The highest BCUT2D eigenvalue weighted by Crippen LogP contribution is 1.88. The first-order chi connectivity index (χ1) is 6.52. The van der Waals surface area contributed by atoms with Crippen molar-refractivity contribution < 1.29 is 27.2 Å². The van der Waals surface area contributed by atoms with Crippen LogP contribution >= 0.6 is 0 Å². The molecule has 0 aliphatic carbocycles. The summed E-state index contributed by atoms with van der Waals surface area (Å²) in [4.78, 5) is 10.4. The minimum atomic E-state index is -4.16. The molecule has 0 bridgehead atoms. The quantitative estimate of drug-likeness (QED) is 0.416. The van der Waals surface area contributed by atoms with Gasteiger partial charge in [-0.1, -0.05) is 6.92 Å². The second-order valence-corrected chi connectivity index (χ2v) is 3.63. The summed E-state index contributed by atoms with van der Waals surface area (Å²) in [5, 5.41) is 8.21. The first-order valence-corrected chi connectivity index (χ1v) is 5.33. The maximum absolute atomic E-state index is 10.8. The number of hydrogen-bond donors (Lipinski definition) is 2. The Morgan fingerprint density at radius 1 is 1.50 bits per heavy atom. The summed E-state index contributed by atoms with van der Waals surface area (Å²) < 4.78 is 32.1. The van der Waals surface area contributed by atoms with Gasteiger partial charge in [-0.2, -0.15) is 13.1 Å². The molecule has 0 aromatic carbocycles.